The first kappa shape index (κ1) is 17.8. The van der Waals surface area contributed by atoms with Gasteiger partial charge in [0.25, 0.3) is 0 Å². The summed E-state index contributed by atoms with van der Waals surface area (Å²) in [4.78, 5) is 12.0. The molecule has 132 valence electrons. The molecule has 1 aliphatic rings. The molecule has 3 rings (SSSR count). The summed E-state index contributed by atoms with van der Waals surface area (Å²) in [5.41, 5.74) is 0.951. The lowest BCUT2D eigenvalue weighted by atomic mass is 10.1. The van der Waals surface area contributed by atoms with Crippen LogP contribution in [-0.2, 0) is 9.53 Å². The fourth-order valence-corrected chi connectivity index (χ4v) is 3.06. The fourth-order valence-electron chi connectivity index (χ4n) is 2.78. The van der Waals surface area contributed by atoms with E-state index in [1.54, 1.807) is 30.6 Å². The van der Waals surface area contributed by atoms with Gasteiger partial charge in [-0.1, -0.05) is 6.07 Å². The highest BCUT2D eigenvalue weighted by Gasteiger charge is 2.22. The molecule has 1 aromatic carbocycles. The second-order valence-corrected chi connectivity index (χ2v) is 6.91. The molecule has 0 aliphatic carbocycles. The minimum absolute atomic E-state index is 0.0444. The summed E-state index contributed by atoms with van der Waals surface area (Å²) >= 11 is 3.28. The van der Waals surface area contributed by atoms with Crippen LogP contribution in [0.15, 0.2) is 41.1 Å². The molecule has 25 heavy (non-hydrogen) atoms. The molecule has 2 atom stereocenters. The van der Waals surface area contributed by atoms with Gasteiger partial charge in [0, 0.05) is 18.9 Å². The predicted octanol–water partition coefficient (Wildman–Crippen LogP) is 3.47. The van der Waals surface area contributed by atoms with Crippen molar-refractivity contribution in [2.75, 3.05) is 6.61 Å². The number of halogens is 2. The lowest BCUT2D eigenvalue weighted by Gasteiger charge is -2.18. The van der Waals surface area contributed by atoms with E-state index in [4.69, 9.17) is 4.74 Å². The van der Waals surface area contributed by atoms with Crippen molar-refractivity contribution in [3.8, 4) is 5.69 Å². The zero-order chi connectivity index (χ0) is 17.8. The Balaban J connectivity index is 1.63. The van der Waals surface area contributed by atoms with Crippen LogP contribution >= 0.6 is 15.9 Å². The smallest absolute Gasteiger partial charge is 0.244 e. The van der Waals surface area contributed by atoms with Gasteiger partial charge in [0.05, 0.1) is 22.8 Å². The largest absolute Gasteiger partial charge is 0.376 e. The van der Waals surface area contributed by atoms with Crippen molar-refractivity contribution < 1.29 is 13.9 Å². The zero-order valence-electron chi connectivity index (χ0n) is 13.8. The molecule has 5 nitrogen and oxygen atoms in total. The molecular weight excluding hydrogens is 389 g/mol. The SMILES string of the molecule is CC(NC(=O)/C=C/c1ccc(-n2cc(Br)cn2)c(F)c1)C1CCCO1. The Bertz CT molecular complexity index is 784. The summed E-state index contributed by atoms with van der Waals surface area (Å²) in [7, 11) is 0. The fraction of sp³-hybridized carbons (Fsp3) is 0.333. The van der Waals surface area contributed by atoms with Gasteiger partial charge in [0.1, 0.15) is 11.5 Å². The van der Waals surface area contributed by atoms with Crippen LogP contribution in [0.1, 0.15) is 25.3 Å². The lowest BCUT2D eigenvalue weighted by molar-refractivity contribution is -0.117. The van der Waals surface area contributed by atoms with Crippen molar-refractivity contribution in [2.45, 2.75) is 31.9 Å². The van der Waals surface area contributed by atoms with E-state index in [9.17, 15) is 9.18 Å². The molecule has 1 saturated heterocycles. The van der Waals surface area contributed by atoms with Gasteiger partial charge >= 0.3 is 0 Å². The first-order valence-electron chi connectivity index (χ1n) is 8.13. The minimum Gasteiger partial charge on any atom is -0.376 e. The summed E-state index contributed by atoms with van der Waals surface area (Å²) < 4.78 is 22.0. The van der Waals surface area contributed by atoms with Crippen LogP contribution in [0.3, 0.4) is 0 Å². The molecule has 1 aromatic heterocycles. The topological polar surface area (TPSA) is 56.2 Å². The number of carbonyl (C=O) groups excluding carboxylic acids is 1. The maximum atomic E-state index is 14.3. The third kappa shape index (κ3) is 4.55. The van der Waals surface area contributed by atoms with E-state index in [-0.39, 0.29) is 18.1 Å². The maximum Gasteiger partial charge on any atom is 0.244 e. The number of aromatic nitrogens is 2. The van der Waals surface area contributed by atoms with Gasteiger partial charge in [0.15, 0.2) is 0 Å². The van der Waals surface area contributed by atoms with Crippen LogP contribution in [0.25, 0.3) is 11.8 Å². The molecule has 1 amide bonds. The number of rotatable bonds is 5. The highest BCUT2D eigenvalue weighted by Crippen LogP contribution is 2.18. The van der Waals surface area contributed by atoms with Gasteiger partial charge in [-0.2, -0.15) is 5.10 Å². The van der Waals surface area contributed by atoms with E-state index in [0.29, 0.717) is 11.3 Å². The molecule has 2 heterocycles. The number of hydrogen-bond acceptors (Lipinski definition) is 3. The highest BCUT2D eigenvalue weighted by atomic mass is 79.9. The maximum absolute atomic E-state index is 14.3. The van der Waals surface area contributed by atoms with Gasteiger partial charge in [-0.25, -0.2) is 9.07 Å². The van der Waals surface area contributed by atoms with Crippen molar-refractivity contribution in [3.05, 3.63) is 52.5 Å². The Morgan fingerprint density at radius 2 is 2.40 bits per heavy atom. The van der Waals surface area contributed by atoms with Gasteiger partial charge in [-0.15, -0.1) is 0 Å². The molecule has 7 heteroatoms. The highest BCUT2D eigenvalue weighted by molar-refractivity contribution is 9.10. The Kier molecular flexibility index (Phi) is 5.65. The van der Waals surface area contributed by atoms with Crippen LogP contribution in [0, 0.1) is 5.82 Å². The monoisotopic (exact) mass is 407 g/mol. The number of benzene rings is 1. The van der Waals surface area contributed by atoms with E-state index >= 15 is 0 Å². The number of nitrogens with zero attached hydrogens (tertiary/aromatic N) is 2. The number of carbonyl (C=O) groups is 1. The molecule has 0 spiro atoms. The molecule has 1 fully saturated rings. The quantitative estimate of drug-likeness (QED) is 0.771. The average molecular weight is 408 g/mol. The van der Waals surface area contributed by atoms with Gasteiger partial charge in [-0.3, -0.25) is 4.79 Å². The van der Waals surface area contributed by atoms with Crippen LogP contribution in [0.4, 0.5) is 4.39 Å². The van der Waals surface area contributed by atoms with E-state index in [1.807, 2.05) is 6.92 Å². The predicted molar refractivity (Wildman–Crippen MR) is 96.8 cm³/mol. The second-order valence-electron chi connectivity index (χ2n) is 6.00. The summed E-state index contributed by atoms with van der Waals surface area (Å²) in [6.45, 7) is 2.68. The van der Waals surface area contributed by atoms with Crippen LogP contribution in [-0.4, -0.2) is 34.4 Å². The molecule has 0 bridgehead atoms. The number of ether oxygens (including phenoxy) is 1. The molecule has 1 aliphatic heterocycles. The summed E-state index contributed by atoms with van der Waals surface area (Å²) in [5, 5.41) is 6.94. The Labute approximate surface area is 154 Å². The molecular formula is C18H19BrFN3O2. The van der Waals surface area contributed by atoms with Crippen molar-refractivity contribution in [3.63, 3.8) is 0 Å². The van der Waals surface area contributed by atoms with Crippen molar-refractivity contribution in [2.24, 2.45) is 0 Å². The van der Waals surface area contributed by atoms with Crippen LogP contribution < -0.4 is 5.32 Å². The normalized spacial score (nSPS) is 18.6. The van der Waals surface area contributed by atoms with E-state index < -0.39 is 5.82 Å². The Hall–Kier alpha value is -1.99. The zero-order valence-corrected chi connectivity index (χ0v) is 15.4. The third-order valence-electron chi connectivity index (χ3n) is 4.09. The van der Waals surface area contributed by atoms with E-state index in [2.05, 4.69) is 26.3 Å². The molecule has 0 radical (unpaired) electrons. The standard InChI is InChI=1S/C18H19BrFN3O2/c1-12(17-3-2-8-25-17)22-18(24)7-5-13-4-6-16(15(20)9-13)23-11-14(19)10-21-23/h4-7,9-12,17H,2-3,8H2,1H3,(H,22,24)/b7-5+. The Morgan fingerprint density at radius 1 is 1.56 bits per heavy atom. The van der Waals surface area contributed by atoms with E-state index in [1.165, 1.54) is 16.8 Å². The van der Waals surface area contributed by atoms with E-state index in [0.717, 1.165) is 23.9 Å². The van der Waals surface area contributed by atoms with Crippen LogP contribution in [0.2, 0.25) is 0 Å². The number of amides is 1. The molecule has 0 saturated carbocycles. The average Bonchev–Trinajstić information content (AvgIpc) is 3.24. The van der Waals surface area contributed by atoms with Crippen LogP contribution in [0.5, 0.6) is 0 Å². The first-order chi connectivity index (χ1) is 12.0. The van der Waals surface area contributed by atoms with Gasteiger partial charge in [-0.05, 0) is 59.5 Å². The minimum atomic E-state index is -0.411. The lowest BCUT2D eigenvalue weighted by Crippen LogP contribution is -2.40. The summed E-state index contributed by atoms with van der Waals surface area (Å²) in [6, 6.07) is 4.69. The van der Waals surface area contributed by atoms with Crippen molar-refractivity contribution in [1.29, 1.82) is 0 Å². The van der Waals surface area contributed by atoms with Crippen molar-refractivity contribution >= 4 is 27.9 Å². The molecule has 2 aromatic rings. The van der Waals surface area contributed by atoms with Gasteiger partial charge in [0.2, 0.25) is 5.91 Å². The summed E-state index contributed by atoms with van der Waals surface area (Å²) in [6.07, 6.45) is 8.32. The molecule has 2 unspecified atom stereocenters. The number of nitrogens with one attached hydrogen (secondary N) is 1. The van der Waals surface area contributed by atoms with Crippen molar-refractivity contribution in [1.82, 2.24) is 15.1 Å². The Morgan fingerprint density at radius 3 is 3.04 bits per heavy atom. The van der Waals surface area contributed by atoms with Gasteiger partial charge < -0.3 is 10.1 Å². The first-order valence-corrected chi connectivity index (χ1v) is 8.92. The third-order valence-corrected chi connectivity index (χ3v) is 4.50. The summed E-state index contributed by atoms with van der Waals surface area (Å²) in [5.74, 6) is -0.630. The molecule has 1 N–H and O–H groups in total. The second kappa shape index (κ2) is 7.93. The number of hydrogen-bond donors (Lipinski definition) is 1.